The molecule has 39 heavy (non-hydrogen) atoms. The van der Waals surface area contributed by atoms with Gasteiger partial charge in [-0.25, -0.2) is 9.59 Å². The molecule has 206 valence electrons. The molecule has 3 aromatic rings. The first-order valence-electron chi connectivity index (χ1n) is 11.9. The van der Waals surface area contributed by atoms with Crippen LogP contribution in [-0.2, 0) is 30.8 Å². The summed E-state index contributed by atoms with van der Waals surface area (Å²) in [7, 11) is -5.82. The molecule has 0 spiro atoms. The minimum absolute atomic E-state index is 0.0229. The van der Waals surface area contributed by atoms with Crippen molar-refractivity contribution in [2.24, 2.45) is 0 Å². The maximum absolute atomic E-state index is 12.7. The molecular formula is C27H24F3NO7S. The molecule has 0 bridgehead atoms. The number of carbonyl (C=O) groups excluding carboxylic acids is 2. The van der Waals surface area contributed by atoms with E-state index in [0.29, 0.717) is 5.56 Å². The van der Waals surface area contributed by atoms with Crippen molar-refractivity contribution >= 4 is 22.2 Å². The lowest BCUT2D eigenvalue weighted by Gasteiger charge is -2.19. The van der Waals surface area contributed by atoms with Crippen molar-refractivity contribution in [2.45, 2.75) is 30.8 Å². The number of hydrogen-bond donors (Lipinski definition) is 1. The van der Waals surface area contributed by atoms with E-state index in [1.165, 1.54) is 12.1 Å². The molecule has 1 N–H and O–H groups in total. The molecule has 1 atom stereocenters. The molecule has 0 heterocycles. The summed E-state index contributed by atoms with van der Waals surface area (Å²) < 4.78 is 74.6. The Labute approximate surface area is 222 Å². The van der Waals surface area contributed by atoms with E-state index in [1.807, 2.05) is 48.5 Å². The van der Waals surface area contributed by atoms with Crippen LogP contribution in [0.15, 0.2) is 72.8 Å². The van der Waals surface area contributed by atoms with E-state index >= 15 is 0 Å². The Bertz CT molecular complexity index is 1410. The van der Waals surface area contributed by atoms with Crippen LogP contribution in [-0.4, -0.2) is 45.2 Å². The SMILES string of the molecule is CCOC(=O)[C@H](Cc1ccc(OS(=O)(=O)C(F)(F)F)cc1)NC(=O)OCC1c2ccccc2-c2ccccc21. The third kappa shape index (κ3) is 6.33. The quantitative estimate of drug-likeness (QED) is 0.224. The van der Waals surface area contributed by atoms with Crippen LogP contribution in [0, 0.1) is 0 Å². The molecule has 1 amide bonds. The molecule has 1 aliphatic carbocycles. The number of amides is 1. The van der Waals surface area contributed by atoms with Crippen molar-refractivity contribution in [3.63, 3.8) is 0 Å². The number of nitrogens with one attached hydrogen (secondary N) is 1. The number of benzene rings is 3. The van der Waals surface area contributed by atoms with Gasteiger partial charge < -0.3 is 19.0 Å². The number of rotatable bonds is 9. The van der Waals surface area contributed by atoms with E-state index in [9.17, 15) is 31.2 Å². The van der Waals surface area contributed by atoms with Crippen LogP contribution in [0.1, 0.15) is 29.5 Å². The average Bonchev–Trinajstić information content (AvgIpc) is 3.21. The van der Waals surface area contributed by atoms with Gasteiger partial charge in [0.25, 0.3) is 0 Å². The Balaban J connectivity index is 1.42. The molecule has 12 heteroatoms. The molecule has 8 nitrogen and oxygen atoms in total. The maximum atomic E-state index is 12.7. The van der Waals surface area contributed by atoms with Crippen molar-refractivity contribution in [3.05, 3.63) is 89.5 Å². The van der Waals surface area contributed by atoms with Crippen LogP contribution >= 0.6 is 0 Å². The maximum Gasteiger partial charge on any atom is 0.534 e. The molecule has 0 radical (unpaired) electrons. The summed E-state index contributed by atoms with van der Waals surface area (Å²) in [6.45, 7) is 1.66. The van der Waals surface area contributed by atoms with Gasteiger partial charge in [-0.1, -0.05) is 60.7 Å². The topological polar surface area (TPSA) is 108 Å². The highest BCUT2D eigenvalue weighted by Crippen LogP contribution is 2.44. The molecule has 0 aromatic heterocycles. The number of fused-ring (bicyclic) bond motifs is 3. The Morgan fingerprint density at radius 3 is 2.00 bits per heavy atom. The van der Waals surface area contributed by atoms with Gasteiger partial charge in [-0.2, -0.15) is 21.6 Å². The molecular weight excluding hydrogens is 539 g/mol. The Kier molecular flexibility index (Phi) is 8.14. The van der Waals surface area contributed by atoms with E-state index in [2.05, 4.69) is 9.50 Å². The number of alkyl halides is 3. The molecule has 0 aliphatic heterocycles. The van der Waals surface area contributed by atoms with E-state index in [-0.39, 0.29) is 25.6 Å². The van der Waals surface area contributed by atoms with Crippen molar-refractivity contribution in [1.29, 1.82) is 0 Å². The fraction of sp³-hybridized carbons (Fsp3) is 0.259. The highest BCUT2D eigenvalue weighted by molar-refractivity contribution is 7.88. The third-order valence-corrected chi connectivity index (χ3v) is 7.04. The van der Waals surface area contributed by atoms with Gasteiger partial charge in [0.15, 0.2) is 0 Å². The van der Waals surface area contributed by atoms with E-state index in [4.69, 9.17) is 9.47 Å². The summed E-state index contributed by atoms with van der Waals surface area (Å²) in [4.78, 5) is 25.2. The molecule has 0 fully saturated rings. The van der Waals surface area contributed by atoms with Crippen LogP contribution in [0.2, 0.25) is 0 Å². The minimum atomic E-state index is -5.82. The monoisotopic (exact) mass is 563 g/mol. The van der Waals surface area contributed by atoms with E-state index in [0.717, 1.165) is 34.4 Å². The lowest BCUT2D eigenvalue weighted by molar-refractivity contribution is -0.145. The van der Waals surface area contributed by atoms with Crippen molar-refractivity contribution in [3.8, 4) is 16.9 Å². The van der Waals surface area contributed by atoms with Crippen molar-refractivity contribution < 1.29 is 44.8 Å². The fourth-order valence-corrected chi connectivity index (χ4v) is 4.77. The summed E-state index contributed by atoms with van der Waals surface area (Å²) >= 11 is 0. The average molecular weight is 564 g/mol. The van der Waals surface area contributed by atoms with Crippen LogP contribution < -0.4 is 9.50 Å². The normalized spacial score (nSPS) is 13.6. The highest BCUT2D eigenvalue weighted by atomic mass is 32.2. The summed E-state index contributed by atoms with van der Waals surface area (Å²) in [5.41, 5.74) is -1.03. The molecule has 0 saturated carbocycles. The van der Waals surface area contributed by atoms with Gasteiger partial charge in [-0.15, -0.1) is 0 Å². The third-order valence-electron chi connectivity index (χ3n) is 6.06. The van der Waals surface area contributed by atoms with Crippen molar-refractivity contribution in [1.82, 2.24) is 5.32 Å². The summed E-state index contributed by atoms with van der Waals surface area (Å²) in [5.74, 6) is -1.50. The summed E-state index contributed by atoms with van der Waals surface area (Å²) in [6.07, 6.45) is -0.957. The Morgan fingerprint density at radius 1 is 0.897 bits per heavy atom. The van der Waals surface area contributed by atoms with Gasteiger partial charge in [0, 0.05) is 12.3 Å². The minimum Gasteiger partial charge on any atom is -0.464 e. The first kappa shape index (κ1) is 28.0. The van der Waals surface area contributed by atoms with Gasteiger partial charge in [0.05, 0.1) is 6.61 Å². The van der Waals surface area contributed by atoms with Crippen LogP contribution in [0.5, 0.6) is 5.75 Å². The summed E-state index contributed by atoms with van der Waals surface area (Å²) in [5, 5.41) is 2.48. The number of halogens is 3. The second-order valence-electron chi connectivity index (χ2n) is 8.61. The van der Waals surface area contributed by atoms with E-state index in [1.54, 1.807) is 6.92 Å². The van der Waals surface area contributed by atoms with Crippen LogP contribution in [0.4, 0.5) is 18.0 Å². The van der Waals surface area contributed by atoms with Gasteiger partial charge >= 0.3 is 27.7 Å². The predicted molar refractivity (Wildman–Crippen MR) is 134 cm³/mol. The number of hydrogen-bond acceptors (Lipinski definition) is 7. The highest BCUT2D eigenvalue weighted by Gasteiger charge is 2.48. The second kappa shape index (κ2) is 11.4. The molecule has 1 aliphatic rings. The largest absolute Gasteiger partial charge is 0.534 e. The zero-order chi connectivity index (χ0) is 28.2. The molecule has 0 saturated heterocycles. The zero-order valence-electron chi connectivity index (χ0n) is 20.6. The molecule has 3 aromatic carbocycles. The van der Waals surface area contributed by atoms with Crippen molar-refractivity contribution in [2.75, 3.05) is 13.2 Å². The number of esters is 1. The first-order chi connectivity index (χ1) is 18.5. The Morgan fingerprint density at radius 2 is 1.46 bits per heavy atom. The lowest BCUT2D eigenvalue weighted by Crippen LogP contribution is -2.44. The van der Waals surface area contributed by atoms with Gasteiger partial charge in [-0.3, -0.25) is 0 Å². The lowest BCUT2D eigenvalue weighted by atomic mass is 9.98. The predicted octanol–water partition coefficient (Wildman–Crippen LogP) is 4.93. The van der Waals surface area contributed by atoms with Gasteiger partial charge in [-0.05, 0) is 46.9 Å². The smallest absolute Gasteiger partial charge is 0.464 e. The van der Waals surface area contributed by atoms with Gasteiger partial charge in [0.1, 0.15) is 18.4 Å². The zero-order valence-corrected chi connectivity index (χ0v) is 21.4. The van der Waals surface area contributed by atoms with Crippen LogP contribution in [0.3, 0.4) is 0 Å². The molecule has 0 unspecified atom stereocenters. The number of carbonyl (C=O) groups is 2. The van der Waals surface area contributed by atoms with Crippen LogP contribution in [0.25, 0.3) is 11.1 Å². The fourth-order valence-electron chi connectivity index (χ4n) is 4.31. The first-order valence-corrected chi connectivity index (χ1v) is 13.3. The number of alkyl carbamates (subject to hydrolysis) is 1. The summed E-state index contributed by atoms with van der Waals surface area (Å²) in [6, 6.07) is 19.0. The van der Waals surface area contributed by atoms with E-state index < -0.39 is 39.5 Å². The number of ether oxygens (including phenoxy) is 2. The van der Waals surface area contributed by atoms with Gasteiger partial charge in [0.2, 0.25) is 0 Å². The second-order valence-corrected chi connectivity index (χ2v) is 10.1. The Hall–Kier alpha value is -4.06. The standard InChI is InChI=1S/C27H24F3NO7S/c1-2-36-25(32)24(15-17-11-13-18(14-12-17)38-39(34,35)27(28,29)30)31-26(33)37-16-23-21-9-5-3-7-19(21)20-8-4-6-10-22(20)23/h3-14,23-24H,2,15-16H2,1H3,(H,31,33)/t24-/m0/s1. The molecule has 4 rings (SSSR count).